The highest BCUT2D eigenvalue weighted by Crippen LogP contribution is 2.24. The van der Waals surface area contributed by atoms with Gasteiger partial charge < -0.3 is 14.4 Å². The van der Waals surface area contributed by atoms with Crippen LogP contribution < -0.4 is 4.90 Å². The number of anilines is 1. The highest BCUT2D eigenvalue weighted by molar-refractivity contribution is 5.87. The fourth-order valence-corrected chi connectivity index (χ4v) is 2.11. The largest absolute Gasteiger partial charge is 0.467 e. The van der Waals surface area contributed by atoms with E-state index in [-0.39, 0.29) is 17.7 Å². The molecule has 0 N–H and O–H groups in total. The Kier molecular flexibility index (Phi) is 3.94. The molecule has 7 nitrogen and oxygen atoms in total. The van der Waals surface area contributed by atoms with E-state index >= 15 is 0 Å². The minimum atomic E-state index is -0.537. The lowest BCUT2D eigenvalue weighted by molar-refractivity contribution is -0.141. The first-order valence-corrected chi connectivity index (χ1v) is 5.94. The van der Waals surface area contributed by atoms with Crippen LogP contribution in [0, 0.1) is 0 Å². The van der Waals surface area contributed by atoms with E-state index in [0.29, 0.717) is 12.4 Å². The van der Waals surface area contributed by atoms with Crippen LogP contribution in [0.5, 0.6) is 0 Å². The van der Waals surface area contributed by atoms with Crippen LogP contribution in [-0.4, -0.2) is 48.9 Å². The summed E-state index contributed by atoms with van der Waals surface area (Å²) in [6, 6.07) is 2.85. The number of hydrogen-bond acceptors (Lipinski definition) is 7. The maximum atomic E-state index is 11.6. The second-order valence-electron chi connectivity index (χ2n) is 4.14. The van der Waals surface area contributed by atoms with Crippen LogP contribution >= 0.6 is 0 Å². The second kappa shape index (κ2) is 5.64. The lowest BCUT2D eigenvalue weighted by Gasteiger charge is -2.22. The summed E-state index contributed by atoms with van der Waals surface area (Å²) >= 11 is 0. The van der Waals surface area contributed by atoms with E-state index in [2.05, 4.69) is 14.9 Å². The number of hydrogen-bond donors (Lipinski definition) is 0. The van der Waals surface area contributed by atoms with Crippen LogP contribution in [0.3, 0.4) is 0 Å². The summed E-state index contributed by atoms with van der Waals surface area (Å²) in [5.41, 5.74) is 0.139. The molecule has 1 aromatic heterocycles. The summed E-state index contributed by atoms with van der Waals surface area (Å²) < 4.78 is 9.31. The molecule has 19 heavy (non-hydrogen) atoms. The van der Waals surface area contributed by atoms with Crippen molar-refractivity contribution in [1.82, 2.24) is 10.2 Å². The number of rotatable bonds is 3. The van der Waals surface area contributed by atoms with Crippen molar-refractivity contribution in [2.45, 2.75) is 18.9 Å². The zero-order chi connectivity index (χ0) is 13.8. The molecule has 2 heterocycles. The van der Waals surface area contributed by atoms with E-state index in [1.54, 1.807) is 6.07 Å². The van der Waals surface area contributed by atoms with Gasteiger partial charge in [0, 0.05) is 6.54 Å². The van der Waals surface area contributed by atoms with Gasteiger partial charge in [0.25, 0.3) is 0 Å². The van der Waals surface area contributed by atoms with Crippen molar-refractivity contribution in [2.75, 3.05) is 25.7 Å². The summed E-state index contributed by atoms with van der Waals surface area (Å²) in [7, 11) is 2.65. The molecule has 1 fully saturated rings. The van der Waals surface area contributed by atoms with E-state index in [0.717, 1.165) is 12.8 Å². The number of ether oxygens (including phenoxy) is 2. The molecule has 0 radical (unpaired) electrons. The Morgan fingerprint density at radius 3 is 2.63 bits per heavy atom. The van der Waals surface area contributed by atoms with Gasteiger partial charge in [-0.05, 0) is 25.0 Å². The molecule has 7 heteroatoms. The number of esters is 2. The van der Waals surface area contributed by atoms with E-state index in [9.17, 15) is 9.59 Å². The van der Waals surface area contributed by atoms with Gasteiger partial charge in [-0.3, -0.25) is 0 Å². The van der Waals surface area contributed by atoms with Gasteiger partial charge >= 0.3 is 11.9 Å². The number of carbonyl (C=O) groups excluding carboxylic acids is 2. The van der Waals surface area contributed by atoms with Crippen molar-refractivity contribution in [1.29, 1.82) is 0 Å². The Balaban J connectivity index is 2.17. The molecule has 0 spiro atoms. The van der Waals surface area contributed by atoms with Crippen molar-refractivity contribution in [2.24, 2.45) is 0 Å². The summed E-state index contributed by atoms with van der Waals surface area (Å²) in [5, 5.41) is 7.76. The third-order valence-corrected chi connectivity index (χ3v) is 3.07. The van der Waals surface area contributed by atoms with Crippen LogP contribution in [0.4, 0.5) is 5.82 Å². The Morgan fingerprint density at radius 1 is 1.26 bits per heavy atom. The fourth-order valence-electron chi connectivity index (χ4n) is 2.11. The van der Waals surface area contributed by atoms with Crippen molar-refractivity contribution in [3.05, 3.63) is 17.8 Å². The molecular formula is C12H15N3O4. The van der Waals surface area contributed by atoms with Crippen molar-refractivity contribution >= 4 is 17.8 Å². The van der Waals surface area contributed by atoms with Gasteiger partial charge in [-0.15, -0.1) is 10.2 Å². The van der Waals surface area contributed by atoms with Gasteiger partial charge in [0.1, 0.15) is 6.04 Å². The van der Waals surface area contributed by atoms with Gasteiger partial charge in [0.2, 0.25) is 0 Å². The average Bonchev–Trinajstić information content (AvgIpc) is 2.95. The molecule has 0 amide bonds. The summed E-state index contributed by atoms with van der Waals surface area (Å²) in [5.74, 6) is -0.262. The number of nitrogens with zero attached hydrogens (tertiary/aromatic N) is 3. The van der Waals surface area contributed by atoms with E-state index in [1.807, 2.05) is 4.90 Å². The minimum Gasteiger partial charge on any atom is -0.467 e. The van der Waals surface area contributed by atoms with E-state index in [1.165, 1.54) is 20.3 Å². The predicted octanol–water partition coefficient (Wildman–Crippen LogP) is 0.405. The highest BCUT2D eigenvalue weighted by Gasteiger charge is 2.32. The fraction of sp³-hybridized carbons (Fsp3) is 0.500. The van der Waals surface area contributed by atoms with Crippen LogP contribution in [0.2, 0.25) is 0 Å². The molecule has 0 saturated carbocycles. The molecule has 2 rings (SSSR count). The zero-order valence-corrected chi connectivity index (χ0v) is 10.8. The Hall–Kier alpha value is -2.18. The van der Waals surface area contributed by atoms with Gasteiger partial charge in [-0.2, -0.15) is 0 Å². The molecular weight excluding hydrogens is 250 g/mol. The quantitative estimate of drug-likeness (QED) is 0.732. The standard InChI is InChI=1S/C12H15N3O4/c1-18-11(16)8-5-6-10(14-13-8)15-7-3-4-9(15)12(17)19-2/h5-6,9H,3-4,7H2,1-2H3. The van der Waals surface area contributed by atoms with Crippen LogP contribution in [0.15, 0.2) is 12.1 Å². The monoisotopic (exact) mass is 265 g/mol. The van der Waals surface area contributed by atoms with Crippen molar-refractivity contribution in [3.8, 4) is 0 Å². The predicted molar refractivity (Wildman–Crippen MR) is 65.8 cm³/mol. The molecule has 0 bridgehead atoms. The molecule has 1 aliphatic heterocycles. The molecule has 1 atom stereocenters. The van der Waals surface area contributed by atoms with Crippen LogP contribution in [0.25, 0.3) is 0 Å². The van der Waals surface area contributed by atoms with E-state index in [4.69, 9.17) is 4.74 Å². The molecule has 1 saturated heterocycles. The third-order valence-electron chi connectivity index (χ3n) is 3.07. The summed E-state index contributed by atoms with van der Waals surface area (Å²) in [4.78, 5) is 24.7. The first kappa shape index (κ1) is 13.3. The molecule has 0 aromatic carbocycles. The smallest absolute Gasteiger partial charge is 0.358 e. The first-order chi connectivity index (χ1) is 9.17. The molecule has 1 unspecified atom stereocenters. The molecule has 102 valence electrons. The Bertz CT molecular complexity index is 474. The number of carbonyl (C=O) groups is 2. The summed E-state index contributed by atoms with van der Waals surface area (Å²) in [6.45, 7) is 0.714. The second-order valence-corrected chi connectivity index (χ2v) is 4.14. The van der Waals surface area contributed by atoms with E-state index < -0.39 is 5.97 Å². The first-order valence-electron chi connectivity index (χ1n) is 5.94. The lowest BCUT2D eigenvalue weighted by atomic mass is 10.2. The maximum Gasteiger partial charge on any atom is 0.358 e. The molecule has 1 aromatic rings. The van der Waals surface area contributed by atoms with Gasteiger partial charge in [-0.25, -0.2) is 9.59 Å². The Morgan fingerprint density at radius 2 is 2.05 bits per heavy atom. The lowest BCUT2D eigenvalue weighted by Crippen LogP contribution is -2.37. The van der Waals surface area contributed by atoms with Crippen LogP contribution in [-0.2, 0) is 14.3 Å². The third kappa shape index (κ3) is 2.64. The van der Waals surface area contributed by atoms with Crippen molar-refractivity contribution in [3.63, 3.8) is 0 Å². The topological polar surface area (TPSA) is 81.6 Å². The molecule has 1 aliphatic rings. The number of methoxy groups -OCH3 is 2. The average molecular weight is 265 g/mol. The maximum absolute atomic E-state index is 11.6. The van der Waals surface area contributed by atoms with Gasteiger partial charge in [0.05, 0.1) is 14.2 Å². The molecule has 0 aliphatic carbocycles. The highest BCUT2D eigenvalue weighted by atomic mass is 16.5. The normalized spacial score (nSPS) is 18.2. The van der Waals surface area contributed by atoms with Gasteiger partial charge in [0.15, 0.2) is 11.5 Å². The minimum absolute atomic E-state index is 0.139. The Labute approximate surface area is 110 Å². The summed E-state index contributed by atoms with van der Waals surface area (Å²) in [6.07, 6.45) is 1.62. The number of aromatic nitrogens is 2. The zero-order valence-electron chi connectivity index (χ0n) is 10.8. The van der Waals surface area contributed by atoms with Crippen LogP contribution in [0.1, 0.15) is 23.3 Å². The van der Waals surface area contributed by atoms with Gasteiger partial charge in [-0.1, -0.05) is 0 Å². The van der Waals surface area contributed by atoms with Crippen molar-refractivity contribution < 1.29 is 19.1 Å². The SMILES string of the molecule is COC(=O)c1ccc(N2CCCC2C(=O)OC)nn1.